The number of imide groups is 1. The van der Waals surface area contributed by atoms with Crippen LogP contribution < -0.4 is 30.5 Å². The van der Waals surface area contributed by atoms with Crippen LogP contribution in [0, 0.1) is 22.7 Å². The predicted octanol–water partition coefficient (Wildman–Crippen LogP) is 5.80. The zero-order valence-electron chi connectivity index (χ0n) is 36.5. The molecule has 3 heterocycles. The van der Waals surface area contributed by atoms with Gasteiger partial charge >= 0.3 is 18.3 Å². The van der Waals surface area contributed by atoms with Gasteiger partial charge in [-0.25, -0.2) is 4.79 Å². The lowest BCUT2D eigenvalue weighted by atomic mass is 10.0. The Bertz CT molecular complexity index is 2520. The van der Waals surface area contributed by atoms with Gasteiger partial charge in [-0.15, -0.1) is 0 Å². The molecule has 16 nitrogen and oxygen atoms in total. The Hall–Kier alpha value is -6.82. The molecule has 3 fully saturated rings. The van der Waals surface area contributed by atoms with Crippen LogP contribution in [0.4, 0.5) is 49.1 Å². The largest absolute Gasteiger partial charge is 0.492 e. The third kappa shape index (κ3) is 12.3. The quantitative estimate of drug-likeness (QED) is 0.0961. The number of carbonyl (C=O) groups excluding carboxylic acids is 4. The van der Waals surface area contributed by atoms with Crippen molar-refractivity contribution < 1.29 is 60.2 Å². The summed E-state index contributed by atoms with van der Waals surface area (Å²) in [6.45, 7) is 10.4. The van der Waals surface area contributed by atoms with E-state index in [9.17, 15) is 56.0 Å². The number of hydrogen-bond acceptors (Lipinski definition) is 12. The van der Waals surface area contributed by atoms with Crippen molar-refractivity contribution in [3.05, 3.63) is 76.9 Å². The molecule has 356 valence electrons. The summed E-state index contributed by atoms with van der Waals surface area (Å²) >= 11 is 5.71. The Morgan fingerprint density at radius 3 is 2.24 bits per heavy atom. The summed E-state index contributed by atoms with van der Waals surface area (Å²) < 4.78 is 79.3. The molecule has 1 unspecified atom stereocenters. The molecule has 0 bridgehead atoms. The summed E-state index contributed by atoms with van der Waals surface area (Å²) in [5, 5.41) is 34.2. The van der Waals surface area contributed by atoms with Crippen molar-refractivity contribution in [2.24, 2.45) is 0 Å². The molecule has 3 saturated heterocycles. The molecule has 2 atom stereocenters. The van der Waals surface area contributed by atoms with E-state index in [1.54, 1.807) is 55.1 Å². The zero-order chi connectivity index (χ0) is 49.6. The van der Waals surface area contributed by atoms with Crippen molar-refractivity contribution in [2.45, 2.75) is 76.9 Å². The highest BCUT2D eigenvalue weighted by Crippen LogP contribution is 2.40. The van der Waals surface area contributed by atoms with Crippen molar-refractivity contribution in [3.63, 3.8) is 0 Å². The van der Waals surface area contributed by atoms with Crippen LogP contribution in [0.5, 0.6) is 5.75 Å². The molecule has 3 aliphatic heterocycles. The predicted molar refractivity (Wildman–Crippen MR) is 235 cm³/mol. The van der Waals surface area contributed by atoms with Crippen molar-refractivity contribution >= 4 is 69.7 Å². The Morgan fingerprint density at radius 1 is 0.970 bits per heavy atom. The van der Waals surface area contributed by atoms with E-state index in [2.05, 4.69) is 31.8 Å². The first-order valence-corrected chi connectivity index (χ1v) is 21.1. The van der Waals surface area contributed by atoms with Gasteiger partial charge in [0.2, 0.25) is 17.7 Å². The number of carbonyl (C=O) groups is 5. The summed E-state index contributed by atoms with van der Waals surface area (Å²) in [6, 6.07) is 16.3. The van der Waals surface area contributed by atoms with Crippen LogP contribution in [0.2, 0.25) is 0 Å². The second kappa shape index (κ2) is 20.8. The lowest BCUT2D eigenvalue weighted by molar-refractivity contribution is -0.192. The Labute approximate surface area is 386 Å². The van der Waals surface area contributed by atoms with Crippen molar-refractivity contribution in [1.82, 2.24) is 15.1 Å². The maximum atomic E-state index is 13.8. The van der Waals surface area contributed by atoms with Crippen molar-refractivity contribution in [1.29, 1.82) is 10.5 Å². The third-order valence-electron chi connectivity index (χ3n) is 11.1. The van der Waals surface area contributed by atoms with Gasteiger partial charge in [-0.1, -0.05) is 6.92 Å². The molecule has 3 aromatic rings. The van der Waals surface area contributed by atoms with Crippen LogP contribution >= 0.6 is 12.2 Å². The molecule has 0 spiro atoms. The van der Waals surface area contributed by atoms with E-state index in [1.807, 2.05) is 19.9 Å². The Kier molecular flexibility index (Phi) is 15.9. The van der Waals surface area contributed by atoms with E-state index in [0.717, 1.165) is 22.6 Å². The fourth-order valence-corrected chi connectivity index (χ4v) is 8.16. The van der Waals surface area contributed by atoms with Crippen LogP contribution in [-0.2, 0) is 36.6 Å². The first-order chi connectivity index (χ1) is 31.4. The van der Waals surface area contributed by atoms with Crippen molar-refractivity contribution in [3.8, 4) is 17.9 Å². The SMILES string of the molecule is CCc1cc(N2C(=S)N(c3ccc(C#N)c(C(F)(F)F)c3)C(=O)C2(C)C)ccc1OCCN1CCN(CC(=O)Nc2cc(C#N)cc(NC3CCC(=O)NC3=O)c2)[C@H](C)C1.O=C(O)C(F)(F)F. The van der Waals surface area contributed by atoms with Gasteiger partial charge in [-0.3, -0.25) is 39.2 Å². The average molecular weight is 958 g/mol. The number of nitriles is 2. The Morgan fingerprint density at radius 2 is 1.64 bits per heavy atom. The smallest absolute Gasteiger partial charge is 0.490 e. The number of benzene rings is 3. The van der Waals surface area contributed by atoms with Gasteiger partial charge < -0.3 is 25.4 Å². The molecule has 23 heteroatoms. The van der Waals surface area contributed by atoms with Gasteiger partial charge in [0.15, 0.2) is 5.11 Å². The number of aliphatic carboxylic acids is 1. The third-order valence-corrected chi connectivity index (χ3v) is 11.4. The standard InChI is InChI=1S/C42H44F3N9O5S.C2HF3O2/c1-5-27-18-32(54-40(60)53(39(58)41(54,3)4)31-7-6-28(22-47)33(20-31)42(43,44)45)8-10-35(27)59-15-14-51-12-13-52(25(2)23-51)24-37(56)49-30-17-26(21-46)16-29(19-30)48-34-9-11-36(55)50-38(34)57;3-2(4,5)1(6)7/h6-8,10,16-20,25,34,48H,5,9,11-15,23-24H2,1-4H3,(H,49,56)(H,50,55,57);(H,6,7)/t25-,34?;/m1./s1. The molecule has 0 aliphatic carbocycles. The summed E-state index contributed by atoms with van der Waals surface area (Å²) in [6.07, 6.45) is -8.79. The number of nitrogens with one attached hydrogen (secondary N) is 3. The van der Waals surface area contributed by atoms with Crippen LogP contribution in [0.15, 0.2) is 54.6 Å². The minimum absolute atomic E-state index is 0.00553. The summed E-state index contributed by atoms with van der Waals surface area (Å²) in [5.41, 5.74) is -0.426. The molecule has 67 heavy (non-hydrogen) atoms. The monoisotopic (exact) mass is 957 g/mol. The van der Waals surface area contributed by atoms with Crippen LogP contribution in [0.3, 0.4) is 0 Å². The minimum atomic E-state index is -5.08. The van der Waals surface area contributed by atoms with Gasteiger partial charge in [-0.05, 0) is 106 Å². The Balaban J connectivity index is 0.00000111. The molecule has 4 N–H and O–H groups in total. The lowest BCUT2D eigenvalue weighted by Gasteiger charge is -2.39. The highest BCUT2D eigenvalue weighted by atomic mass is 32.1. The van der Waals surface area contributed by atoms with Crippen LogP contribution in [0.25, 0.3) is 0 Å². The molecule has 3 aliphatic rings. The van der Waals surface area contributed by atoms with E-state index in [0.29, 0.717) is 74.0 Å². The number of amides is 4. The molecular formula is C44H45F6N9O7S. The average Bonchev–Trinajstić information content (AvgIpc) is 3.43. The first kappa shape index (κ1) is 51.2. The number of rotatable bonds is 12. The number of alkyl halides is 6. The summed E-state index contributed by atoms with van der Waals surface area (Å²) in [5.74, 6) is -3.66. The molecule has 0 aromatic heterocycles. The summed E-state index contributed by atoms with van der Waals surface area (Å²) in [4.78, 5) is 66.5. The fourth-order valence-electron chi connectivity index (χ4n) is 7.64. The number of piperidine rings is 1. The number of ether oxygens (including phenoxy) is 1. The zero-order valence-corrected chi connectivity index (χ0v) is 37.3. The maximum Gasteiger partial charge on any atom is 0.490 e. The van der Waals surface area contributed by atoms with Gasteiger partial charge in [0.1, 0.15) is 23.9 Å². The number of carboxylic acids is 1. The summed E-state index contributed by atoms with van der Waals surface area (Å²) in [7, 11) is 0. The number of aryl methyl sites for hydroxylation is 1. The highest BCUT2D eigenvalue weighted by molar-refractivity contribution is 7.81. The number of nitrogens with zero attached hydrogens (tertiary/aromatic N) is 6. The second-order valence-electron chi connectivity index (χ2n) is 16.2. The van der Waals surface area contributed by atoms with E-state index in [1.165, 1.54) is 6.07 Å². The molecule has 4 amide bonds. The number of hydrogen-bond donors (Lipinski definition) is 4. The highest BCUT2D eigenvalue weighted by Gasteiger charge is 2.51. The number of piperazine rings is 1. The van der Waals surface area contributed by atoms with Gasteiger partial charge in [-0.2, -0.15) is 36.9 Å². The van der Waals surface area contributed by atoms with Crippen LogP contribution in [-0.4, -0.2) is 113 Å². The molecule has 6 rings (SSSR count). The second-order valence-corrected chi connectivity index (χ2v) is 16.5. The normalized spacial score (nSPS) is 18.9. The molecular weight excluding hydrogens is 913 g/mol. The number of halogens is 6. The van der Waals surface area contributed by atoms with Gasteiger partial charge in [0.05, 0.1) is 41.1 Å². The fraction of sp³-hybridized carbons (Fsp3) is 0.409. The van der Waals surface area contributed by atoms with E-state index in [-0.39, 0.29) is 41.6 Å². The number of thiocarbonyl (C=S) groups is 1. The lowest BCUT2D eigenvalue weighted by Crippen LogP contribution is -2.54. The maximum absolute atomic E-state index is 13.8. The van der Waals surface area contributed by atoms with Crippen LogP contribution in [0.1, 0.15) is 62.8 Å². The van der Waals surface area contributed by atoms with Gasteiger partial charge in [0, 0.05) is 55.7 Å². The van der Waals surface area contributed by atoms with E-state index >= 15 is 0 Å². The first-order valence-electron chi connectivity index (χ1n) is 20.7. The molecule has 3 aromatic carbocycles. The number of carboxylic acid groups (broad SMARTS) is 1. The topological polar surface area (TPSA) is 211 Å². The minimum Gasteiger partial charge on any atom is -0.492 e. The molecule has 0 saturated carbocycles. The number of anilines is 4. The van der Waals surface area contributed by atoms with Crippen molar-refractivity contribution in [2.75, 3.05) is 59.8 Å². The molecule has 0 radical (unpaired) electrons. The van der Waals surface area contributed by atoms with Gasteiger partial charge in [0.25, 0.3) is 5.91 Å². The van der Waals surface area contributed by atoms with E-state index in [4.69, 9.17) is 26.9 Å². The van der Waals surface area contributed by atoms with E-state index < -0.39 is 52.8 Å².